The zero-order valence-corrected chi connectivity index (χ0v) is 6.55. The second-order valence-electron chi connectivity index (χ2n) is 3.97. The molecular formula is C9H13NO. The Morgan fingerprint density at radius 3 is 3.00 bits per heavy atom. The first-order valence-electron chi connectivity index (χ1n) is 4.44. The molecule has 3 atom stereocenters. The van der Waals surface area contributed by atoms with Gasteiger partial charge >= 0.3 is 0 Å². The van der Waals surface area contributed by atoms with Crippen LogP contribution >= 0.6 is 0 Å². The number of hydrogen-bond acceptors (Lipinski definition) is 2. The first-order valence-corrected chi connectivity index (χ1v) is 4.44. The molecule has 3 rings (SSSR count). The van der Waals surface area contributed by atoms with Crippen molar-refractivity contribution in [2.24, 2.45) is 5.41 Å². The molecule has 0 aromatic rings. The highest BCUT2D eigenvalue weighted by Gasteiger charge is 2.50. The van der Waals surface area contributed by atoms with Crippen molar-refractivity contribution < 1.29 is 4.74 Å². The monoisotopic (exact) mass is 151 g/mol. The maximum atomic E-state index is 5.76. The van der Waals surface area contributed by atoms with Crippen molar-refractivity contribution in [2.45, 2.75) is 25.0 Å². The summed E-state index contributed by atoms with van der Waals surface area (Å²) in [5, 5.41) is 3.43. The summed E-state index contributed by atoms with van der Waals surface area (Å²) in [6, 6.07) is 0. The second kappa shape index (κ2) is 1.87. The Bertz CT molecular complexity index is 206. The molecule has 3 heterocycles. The highest BCUT2D eigenvalue weighted by Crippen LogP contribution is 2.47. The van der Waals surface area contributed by atoms with Crippen molar-refractivity contribution in [1.29, 1.82) is 0 Å². The minimum Gasteiger partial charge on any atom is -0.366 e. The lowest BCUT2D eigenvalue weighted by molar-refractivity contribution is 0.0856. The fourth-order valence-corrected chi connectivity index (χ4v) is 2.67. The van der Waals surface area contributed by atoms with E-state index in [1.54, 1.807) is 0 Å². The molecule has 0 aromatic heterocycles. The van der Waals surface area contributed by atoms with E-state index in [0.717, 1.165) is 0 Å². The third kappa shape index (κ3) is 0.690. The van der Waals surface area contributed by atoms with Crippen LogP contribution in [-0.4, -0.2) is 25.3 Å². The van der Waals surface area contributed by atoms with Gasteiger partial charge in [-0.15, -0.1) is 0 Å². The largest absolute Gasteiger partial charge is 0.366 e. The van der Waals surface area contributed by atoms with E-state index in [9.17, 15) is 0 Å². The average Bonchev–Trinajstić information content (AvgIpc) is 2.64. The Labute approximate surface area is 66.6 Å². The number of fused-ring (bicyclic) bond motifs is 3. The summed E-state index contributed by atoms with van der Waals surface area (Å²) in [7, 11) is 0. The minimum atomic E-state index is 0.433. The van der Waals surface area contributed by atoms with Gasteiger partial charge in [-0.3, -0.25) is 0 Å². The normalized spacial score (nSPS) is 53.1. The van der Waals surface area contributed by atoms with E-state index in [1.807, 2.05) is 0 Å². The van der Waals surface area contributed by atoms with Gasteiger partial charge in [0.25, 0.3) is 0 Å². The van der Waals surface area contributed by atoms with E-state index in [0.29, 0.717) is 17.6 Å². The van der Waals surface area contributed by atoms with Crippen molar-refractivity contribution >= 4 is 0 Å². The first kappa shape index (κ1) is 6.21. The number of hydrogen-bond donors (Lipinski definition) is 1. The van der Waals surface area contributed by atoms with Crippen LogP contribution in [0.25, 0.3) is 0 Å². The Balaban J connectivity index is 1.94. The van der Waals surface area contributed by atoms with E-state index >= 15 is 0 Å². The molecule has 0 saturated carbocycles. The molecular weight excluding hydrogens is 138 g/mol. The molecule has 2 nitrogen and oxygen atoms in total. The van der Waals surface area contributed by atoms with Crippen LogP contribution in [0, 0.1) is 5.41 Å². The van der Waals surface area contributed by atoms with Gasteiger partial charge in [-0.2, -0.15) is 0 Å². The SMILES string of the molecule is C1=CC2OC1CC21CCNC1. The van der Waals surface area contributed by atoms with E-state index in [-0.39, 0.29) is 0 Å². The highest BCUT2D eigenvalue weighted by molar-refractivity contribution is 5.18. The number of nitrogens with one attached hydrogen (secondary N) is 1. The predicted molar refractivity (Wildman–Crippen MR) is 42.3 cm³/mol. The standard InChI is InChI=1S/C9H13NO/c1-2-8-9(3-4-10-6-9)5-7(1)11-8/h1-2,7-8,10H,3-6H2. The zero-order chi connectivity index (χ0) is 7.31. The van der Waals surface area contributed by atoms with Gasteiger partial charge < -0.3 is 10.1 Å². The van der Waals surface area contributed by atoms with E-state index in [1.165, 1.54) is 25.9 Å². The Kier molecular flexibility index (Phi) is 1.06. The smallest absolute Gasteiger partial charge is 0.0834 e. The summed E-state index contributed by atoms with van der Waals surface area (Å²) >= 11 is 0. The lowest BCUT2D eigenvalue weighted by Crippen LogP contribution is -2.32. The molecule has 1 spiro atoms. The molecule has 3 aliphatic rings. The van der Waals surface area contributed by atoms with Crippen LogP contribution in [0.3, 0.4) is 0 Å². The van der Waals surface area contributed by atoms with Crippen molar-refractivity contribution in [3.8, 4) is 0 Å². The molecule has 2 bridgehead atoms. The van der Waals surface area contributed by atoms with Crippen molar-refractivity contribution in [3.05, 3.63) is 12.2 Å². The third-order valence-corrected chi connectivity index (χ3v) is 3.31. The van der Waals surface area contributed by atoms with Crippen LogP contribution < -0.4 is 5.32 Å². The summed E-state index contributed by atoms with van der Waals surface area (Å²) in [4.78, 5) is 0. The molecule has 2 heteroatoms. The molecule has 0 radical (unpaired) electrons. The molecule has 11 heavy (non-hydrogen) atoms. The van der Waals surface area contributed by atoms with Gasteiger partial charge in [0, 0.05) is 12.0 Å². The molecule has 0 amide bonds. The first-order chi connectivity index (χ1) is 5.39. The van der Waals surface area contributed by atoms with Crippen LogP contribution in [0.1, 0.15) is 12.8 Å². The summed E-state index contributed by atoms with van der Waals surface area (Å²) in [5.74, 6) is 0. The van der Waals surface area contributed by atoms with Crippen molar-refractivity contribution in [1.82, 2.24) is 5.32 Å². The summed E-state index contributed by atoms with van der Waals surface area (Å²) in [6.45, 7) is 2.35. The van der Waals surface area contributed by atoms with E-state index in [2.05, 4.69) is 17.5 Å². The van der Waals surface area contributed by atoms with Crippen molar-refractivity contribution in [3.63, 3.8) is 0 Å². The molecule has 2 saturated heterocycles. The fraction of sp³-hybridized carbons (Fsp3) is 0.778. The minimum absolute atomic E-state index is 0.433. The highest BCUT2D eigenvalue weighted by atomic mass is 16.5. The van der Waals surface area contributed by atoms with Gasteiger partial charge in [0.15, 0.2) is 0 Å². The Morgan fingerprint density at radius 2 is 2.45 bits per heavy atom. The summed E-state index contributed by atoms with van der Waals surface area (Å²) in [5.41, 5.74) is 0.486. The van der Waals surface area contributed by atoms with Crippen LogP contribution in [0.15, 0.2) is 12.2 Å². The van der Waals surface area contributed by atoms with Gasteiger partial charge in [-0.05, 0) is 19.4 Å². The zero-order valence-electron chi connectivity index (χ0n) is 6.55. The van der Waals surface area contributed by atoms with Gasteiger partial charge in [-0.1, -0.05) is 12.2 Å². The molecule has 0 aliphatic carbocycles. The Morgan fingerprint density at radius 1 is 1.45 bits per heavy atom. The third-order valence-electron chi connectivity index (χ3n) is 3.31. The molecule has 0 aromatic carbocycles. The van der Waals surface area contributed by atoms with Crippen LogP contribution in [-0.2, 0) is 4.74 Å². The lowest BCUT2D eigenvalue weighted by Gasteiger charge is -2.26. The lowest BCUT2D eigenvalue weighted by atomic mass is 9.76. The molecule has 2 fully saturated rings. The molecule has 60 valence electrons. The van der Waals surface area contributed by atoms with E-state index < -0.39 is 0 Å². The summed E-state index contributed by atoms with van der Waals surface area (Å²) in [6.07, 6.45) is 7.90. The quantitative estimate of drug-likeness (QED) is 0.514. The molecule has 1 N–H and O–H groups in total. The number of rotatable bonds is 0. The van der Waals surface area contributed by atoms with Gasteiger partial charge in [0.1, 0.15) is 0 Å². The topological polar surface area (TPSA) is 21.3 Å². The molecule has 3 unspecified atom stereocenters. The maximum absolute atomic E-state index is 5.76. The predicted octanol–water partition coefficient (Wildman–Crippen LogP) is 0.693. The van der Waals surface area contributed by atoms with Crippen LogP contribution in [0.5, 0.6) is 0 Å². The Hall–Kier alpha value is -0.340. The molecule has 3 aliphatic heterocycles. The second-order valence-corrected chi connectivity index (χ2v) is 3.97. The fourth-order valence-electron chi connectivity index (χ4n) is 2.67. The maximum Gasteiger partial charge on any atom is 0.0834 e. The number of ether oxygens (including phenoxy) is 1. The van der Waals surface area contributed by atoms with Crippen LogP contribution in [0.2, 0.25) is 0 Å². The average molecular weight is 151 g/mol. The summed E-state index contributed by atoms with van der Waals surface area (Å²) < 4.78 is 5.76. The van der Waals surface area contributed by atoms with Gasteiger partial charge in [0.05, 0.1) is 12.2 Å². The van der Waals surface area contributed by atoms with Crippen molar-refractivity contribution in [2.75, 3.05) is 13.1 Å². The van der Waals surface area contributed by atoms with Gasteiger partial charge in [-0.25, -0.2) is 0 Å². The van der Waals surface area contributed by atoms with Crippen LogP contribution in [0.4, 0.5) is 0 Å². The van der Waals surface area contributed by atoms with E-state index in [4.69, 9.17) is 4.74 Å². The van der Waals surface area contributed by atoms with Gasteiger partial charge in [0.2, 0.25) is 0 Å².